The van der Waals surface area contributed by atoms with E-state index >= 15 is 0 Å². The SMILES string of the molecule is C=CC(=O)OC.O=C(CCCO)OCO. The lowest BCUT2D eigenvalue weighted by Crippen LogP contribution is -2.05. The molecule has 0 aliphatic rings. The number of hydrogen-bond acceptors (Lipinski definition) is 6. The van der Waals surface area contributed by atoms with Crippen molar-refractivity contribution < 1.29 is 29.3 Å². The summed E-state index contributed by atoms with van der Waals surface area (Å²) in [5, 5.41) is 16.2. The fourth-order valence-corrected chi connectivity index (χ4v) is 0.451. The largest absolute Gasteiger partial charge is 0.466 e. The van der Waals surface area contributed by atoms with E-state index in [0.29, 0.717) is 6.42 Å². The predicted octanol–water partition coefficient (Wildman–Crippen LogP) is -0.403. The van der Waals surface area contributed by atoms with Gasteiger partial charge in [0.15, 0.2) is 6.79 Å². The molecule has 0 saturated heterocycles. The number of aliphatic hydroxyl groups is 2. The van der Waals surface area contributed by atoms with E-state index in [1.165, 1.54) is 7.11 Å². The van der Waals surface area contributed by atoms with Gasteiger partial charge in [0, 0.05) is 19.1 Å². The maximum atomic E-state index is 10.3. The second kappa shape index (κ2) is 12.6. The normalized spacial score (nSPS) is 8.20. The first-order valence-electron chi connectivity index (χ1n) is 4.20. The summed E-state index contributed by atoms with van der Waals surface area (Å²) in [6, 6.07) is 0. The molecule has 0 heterocycles. The minimum absolute atomic E-state index is 0.0273. The fourth-order valence-electron chi connectivity index (χ4n) is 0.451. The summed E-state index contributed by atoms with van der Waals surface area (Å²) < 4.78 is 8.29. The van der Waals surface area contributed by atoms with Crippen LogP contribution in [-0.2, 0) is 19.1 Å². The monoisotopic (exact) mass is 220 g/mol. The quantitative estimate of drug-likeness (QED) is 0.372. The van der Waals surface area contributed by atoms with Crippen LogP contribution < -0.4 is 0 Å². The van der Waals surface area contributed by atoms with Crippen LogP contribution in [0.25, 0.3) is 0 Å². The van der Waals surface area contributed by atoms with Gasteiger partial charge in [-0.1, -0.05) is 6.58 Å². The number of carbonyl (C=O) groups is 2. The highest BCUT2D eigenvalue weighted by Gasteiger charge is 1.98. The van der Waals surface area contributed by atoms with Crippen molar-refractivity contribution in [3.8, 4) is 0 Å². The summed E-state index contributed by atoms with van der Waals surface area (Å²) >= 11 is 0. The Morgan fingerprint density at radius 1 is 1.40 bits per heavy atom. The Kier molecular flexibility index (Phi) is 13.5. The zero-order valence-corrected chi connectivity index (χ0v) is 8.64. The van der Waals surface area contributed by atoms with Crippen LogP contribution in [0, 0.1) is 0 Å². The number of methoxy groups -OCH3 is 1. The van der Waals surface area contributed by atoms with E-state index in [-0.39, 0.29) is 13.0 Å². The Hall–Kier alpha value is -1.40. The lowest BCUT2D eigenvalue weighted by Gasteiger charge is -1.96. The molecule has 6 nitrogen and oxygen atoms in total. The standard InChI is InChI=1S/C5H10O4.C4H6O2/c6-3-1-2-5(8)9-4-7;1-3-4(5)6-2/h6-7H,1-4H2;3H,1H2,2H3. The summed E-state index contributed by atoms with van der Waals surface area (Å²) in [5.74, 6) is -0.874. The Bertz CT molecular complexity index is 189. The van der Waals surface area contributed by atoms with Crippen LogP contribution in [0.5, 0.6) is 0 Å². The van der Waals surface area contributed by atoms with Crippen LogP contribution in [0.3, 0.4) is 0 Å². The second-order valence-corrected chi connectivity index (χ2v) is 2.20. The molecule has 0 fully saturated rings. The maximum absolute atomic E-state index is 10.3. The summed E-state index contributed by atoms with van der Waals surface area (Å²) in [6.07, 6.45) is 1.66. The molecule has 0 aromatic heterocycles. The first-order chi connectivity index (χ1) is 7.12. The number of esters is 2. The topological polar surface area (TPSA) is 93.1 Å². The molecule has 0 spiro atoms. The Balaban J connectivity index is 0. The number of aliphatic hydroxyl groups excluding tert-OH is 2. The molecule has 6 heteroatoms. The van der Waals surface area contributed by atoms with Gasteiger partial charge >= 0.3 is 11.9 Å². The molecule has 2 N–H and O–H groups in total. The highest BCUT2D eigenvalue weighted by atomic mass is 16.6. The van der Waals surface area contributed by atoms with Gasteiger partial charge in [-0.15, -0.1) is 0 Å². The number of carbonyl (C=O) groups excluding carboxylic acids is 2. The molecular formula is C9H16O6. The number of hydrogen-bond donors (Lipinski definition) is 2. The van der Waals surface area contributed by atoms with Crippen molar-refractivity contribution in [2.45, 2.75) is 12.8 Å². The van der Waals surface area contributed by atoms with Crippen LogP contribution >= 0.6 is 0 Å². The molecule has 0 unspecified atom stereocenters. The Morgan fingerprint density at radius 3 is 2.27 bits per heavy atom. The van der Waals surface area contributed by atoms with Crippen molar-refractivity contribution in [1.82, 2.24) is 0 Å². The summed E-state index contributed by atoms with van der Waals surface area (Å²) in [5.41, 5.74) is 0. The van der Waals surface area contributed by atoms with Crippen LogP contribution in [0.1, 0.15) is 12.8 Å². The third-order valence-electron chi connectivity index (χ3n) is 1.13. The van der Waals surface area contributed by atoms with Crippen molar-refractivity contribution in [1.29, 1.82) is 0 Å². The van der Waals surface area contributed by atoms with E-state index in [2.05, 4.69) is 16.1 Å². The predicted molar refractivity (Wildman–Crippen MR) is 51.7 cm³/mol. The maximum Gasteiger partial charge on any atom is 0.329 e. The Labute approximate surface area is 88.1 Å². The van der Waals surface area contributed by atoms with Gasteiger partial charge in [-0.25, -0.2) is 4.79 Å². The molecule has 0 aromatic rings. The highest BCUT2D eigenvalue weighted by molar-refractivity contribution is 5.80. The number of ether oxygens (including phenoxy) is 2. The van der Waals surface area contributed by atoms with Crippen LogP contribution in [0.15, 0.2) is 12.7 Å². The van der Waals surface area contributed by atoms with Crippen molar-refractivity contribution in [2.24, 2.45) is 0 Å². The average Bonchev–Trinajstić information content (AvgIpc) is 2.26. The van der Waals surface area contributed by atoms with E-state index < -0.39 is 18.7 Å². The van der Waals surface area contributed by atoms with Gasteiger partial charge in [0.1, 0.15) is 0 Å². The first-order valence-corrected chi connectivity index (χ1v) is 4.20. The molecular weight excluding hydrogens is 204 g/mol. The zero-order valence-electron chi connectivity index (χ0n) is 8.64. The van der Waals surface area contributed by atoms with Crippen LogP contribution in [-0.4, -0.2) is 42.7 Å². The summed E-state index contributed by atoms with van der Waals surface area (Å²) in [6.45, 7) is 2.55. The van der Waals surface area contributed by atoms with E-state index in [9.17, 15) is 9.59 Å². The van der Waals surface area contributed by atoms with Gasteiger partial charge in [-0.2, -0.15) is 0 Å². The van der Waals surface area contributed by atoms with Gasteiger partial charge in [-0.3, -0.25) is 4.79 Å². The van der Waals surface area contributed by atoms with E-state index in [1.807, 2.05) is 0 Å². The molecule has 0 saturated carbocycles. The molecule has 0 rings (SSSR count). The molecule has 15 heavy (non-hydrogen) atoms. The van der Waals surface area contributed by atoms with Gasteiger partial charge in [-0.05, 0) is 6.42 Å². The average molecular weight is 220 g/mol. The third-order valence-corrected chi connectivity index (χ3v) is 1.13. The molecule has 0 radical (unpaired) electrons. The van der Waals surface area contributed by atoms with Gasteiger partial charge in [0.05, 0.1) is 7.11 Å². The van der Waals surface area contributed by atoms with Crippen molar-refractivity contribution in [2.75, 3.05) is 20.5 Å². The summed E-state index contributed by atoms with van der Waals surface area (Å²) in [7, 11) is 1.31. The fraction of sp³-hybridized carbons (Fsp3) is 0.556. The lowest BCUT2D eigenvalue weighted by atomic mass is 10.3. The van der Waals surface area contributed by atoms with Crippen molar-refractivity contribution >= 4 is 11.9 Å². The minimum atomic E-state index is -0.579. The van der Waals surface area contributed by atoms with Gasteiger partial charge in [0.2, 0.25) is 0 Å². The van der Waals surface area contributed by atoms with Crippen LogP contribution in [0.4, 0.5) is 0 Å². The zero-order chi connectivity index (χ0) is 12.1. The third kappa shape index (κ3) is 15.4. The molecule has 0 amide bonds. The first kappa shape index (κ1) is 16.0. The molecule has 0 bridgehead atoms. The van der Waals surface area contributed by atoms with Crippen LogP contribution in [0.2, 0.25) is 0 Å². The molecule has 0 aromatic carbocycles. The van der Waals surface area contributed by atoms with E-state index in [4.69, 9.17) is 10.2 Å². The molecule has 0 aliphatic carbocycles. The van der Waals surface area contributed by atoms with Gasteiger partial charge < -0.3 is 19.7 Å². The molecule has 0 atom stereocenters. The Morgan fingerprint density at radius 2 is 2.00 bits per heavy atom. The van der Waals surface area contributed by atoms with Crippen molar-refractivity contribution in [3.05, 3.63) is 12.7 Å². The highest BCUT2D eigenvalue weighted by Crippen LogP contribution is 1.89. The van der Waals surface area contributed by atoms with Gasteiger partial charge in [0.25, 0.3) is 0 Å². The smallest absolute Gasteiger partial charge is 0.329 e. The number of rotatable bonds is 5. The second-order valence-electron chi connectivity index (χ2n) is 2.20. The molecule has 88 valence electrons. The van der Waals surface area contributed by atoms with Crippen molar-refractivity contribution in [3.63, 3.8) is 0 Å². The lowest BCUT2D eigenvalue weighted by molar-refractivity contribution is -0.152. The van der Waals surface area contributed by atoms with E-state index in [1.54, 1.807) is 0 Å². The molecule has 0 aliphatic heterocycles. The minimum Gasteiger partial charge on any atom is -0.466 e. The van der Waals surface area contributed by atoms with E-state index in [0.717, 1.165) is 6.08 Å². The summed E-state index contributed by atoms with van der Waals surface area (Å²) in [4.78, 5) is 20.1.